The summed E-state index contributed by atoms with van der Waals surface area (Å²) in [5.74, 6) is 0.286. The minimum Gasteiger partial charge on any atom is -0.409 e. The van der Waals surface area contributed by atoms with Crippen molar-refractivity contribution in [1.82, 2.24) is 4.90 Å². The fraction of sp³-hybridized carbons (Fsp3) is 0.500. The third-order valence-electron chi connectivity index (χ3n) is 3.23. The number of thioether (sulfide) groups is 1. The molecule has 3 N–H and O–H groups in total. The van der Waals surface area contributed by atoms with E-state index in [2.05, 4.69) is 41.2 Å². The van der Waals surface area contributed by atoms with E-state index in [0.29, 0.717) is 11.8 Å². The lowest BCUT2D eigenvalue weighted by molar-refractivity contribution is 0.291. The minimum absolute atomic E-state index is 0.286. The normalized spacial score (nSPS) is 18.8. The first kappa shape index (κ1) is 14.2. The standard InChI is InChI=1S/C14H21N3OS/c1-2-7-17(10-14(15)16-18)9-12-8-11-5-3-4-6-13(11)19-12/h3-6,12,18H,2,7-10H2,1H3,(H2,15,16). The molecular formula is C14H21N3OS. The molecule has 0 aromatic heterocycles. The van der Waals surface area contributed by atoms with Crippen LogP contribution in [0.1, 0.15) is 18.9 Å². The van der Waals surface area contributed by atoms with Gasteiger partial charge in [0.1, 0.15) is 0 Å². The van der Waals surface area contributed by atoms with Gasteiger partial charge in [0, 0.05) is 16.7 Å². The highest BCUT2D eigenvalue weighted by atomic mass is 32.2. The van der Waals surface area contributed by atoms with Crippen LogP contribution >= 0.6 is 11.8 Å². The van der Waals surface area contributed by atoms with Crippen LogP contribution in [0.15, 0.2) is 34.3 Å². The third kappa shape index (κ3) is 3.88. The molecule has 1 aromatic carbocycles. The predicted molar refractivity (Wildman–Crippen MR) is 79.9 cm³/mol. The van der Waals surface area contributed by atoms with Gasteiger partial charge < -0.3 is 10.9 Å². The van der Waals surface area contributed by atoms with Crippen molar-refractivity contribution in [3.63, 3.8) is 0 Å². The van der Waals surface area contributed by atoms with E-state index < -0.39 is 0 Å². The Balaban J connectivity index is 1.92. The first-order valence-corrected chi connectivity index (χ1v) is 7.54. The molecule has 1 aromatic rings. The van der Waals surface area contributed by atoms with Crippen molar-refractivity contribution < 1.29 is 5.21 Å². The van der Waals surface area contributed by atoms with Crippen molar-refractivity contribution in [1.29, 1.82) is 0 Å². The molecule has 1 unspecified atom stereocenters. The van der Waals surface area contributed by atoms with E-state index >= 15 is 0 Å². The summed E-state index contributed by atoms with van der Waals surface area (Å²) >= 11 is 1.94. The van der Waals surface area contributed by atoms with E-state index in [4.69, 9.17) is 10.9 Å². The number of oxime groups is 1. The fourth-order valence-electron chi connectivity index (χ4n) is 2.46. The highest BCUT2D eigenvalue weighted by Gasteiger charge is 2.23. The van der Waals surface area contributed by atoms with E-state index in [0.717, 1.165) is 25.9 Å². The van der Waals surface area contributed by atoms with E-state index in [-0.39, 0.29) is 5.84 Å². The summed E-state index contributed by atoms with van der Waals surface area (Å²) in [6.07, 6.45) is 2.18. The van der Waals surface area contributed by atoms with E-state index in [1.807, 2.05) is 11.8 Å². The molecule has 1 aliphatic rings. The number of benzene rings is 1. The van der Waals surface area contributed by atoms with Gasteiger partial charge in [0.2, 0.25) is 0 Å². The largest absolute Gasteiger partial charge is 0.409 e. The molecular weight excluding hydrogens is 258 g/mol. The van der Waals surface area contributed by atoms with Crippen LogP contribution in [-0.2, 0) is 6.42 Å². The van der Waals surface area contributed by atoms with Gasteiger partial charge in [0.25, 0.3) is 0 Å². The molecule has 104 valence electrons. The summed E-state index contributed by atoms with van der Waals surface area (Å²) in [4.78, 5) is 3.66. The van der Waals surface area contributed by atoms with Gasteiger partial charge in [0.05, 0.1) is 6.54 Å². The smallest absolute Gasteiger partial charge is 0.153 e. The SMILES string of the molecule is CCCN(CC(N)=NO)CC1Cc2ccccc2S1. The molecule has 1 aliphatic heterocycles. The molecule has 0 spiro atoms. The predicted octanol–water partition coefficient (Wildman–Crippen LogP) is 2.16. The number of fused-ring (bicyclic) bond motifs is 1. The molecule has 0 fully saturated rings. The van der Waals surface area contributed by atoms with Gasteiger partial charge in [-0.25, -0.2) is 0 Å². The third-order valence-corrected chi connectivity index (χ3v) is 4.53. The molecule has 19 heavy (non-hydrogen) atoms. The Morgan fingerprint density at radius 2 is 2.32 bits per heavy atom. The molecule has 4 nitrogen and oxygen atoms in total. The molecule has 5 heteroatoms. The van der Waals surface area contributed by atoms with Crippen molar-refractivity contribution in [2.24, 2.45) is 10.9 Å². The molecule has 1 atom stereocenters. The topological polar surface area (TPSA) is 61.8 Å². The van der Waals surface area contributed by atoms with Crippen molar-refractivity contribution >= 4 is 17.6 Å². The quantitative estimate of drug-likeness (QED) is 0.362. The second-order valence-electron chi connectivity index (χ2n) is 4.88. The van der Waals surface area contributed by atoms with Gasteiger partial charge >= 0.3 is 0 Å². The average Bonchev–Trinajstić information content (AvgIpc) is 2.80. The molecule has 0 amide bonds. The first-order chi connectivity index (χ1) is 9.22. The highest BCUT2D eigenvalue weighted by Crippen LogP contribution is 2.36. The molecule has 0 saturated carbocycles. The number of nitrogens with two attached hydrogens (primary N) is 1. The number of rotatable bonds is 6. The van der Waals surface area contributed by atoms with Gasteiger partial charge in [-0.2, -0.15) is 0 Å². The van der Waals surface area contributed by atoms with Gasteiger partial charge in [-0.05, 0) is 31.0 Å². The van der Waals surface area contributed by atoms with Crippen LogP contribution in [0.4, 0.5) is 0 Å². The first-order valence-electron chi connectivity index (χ1n) is 6.66. The van der Waals surface area contributed by atoms with Gasteiger partial charge in [0.15, 0.2) is 5.84 Å². The van der Waals surface area contributed by atoms with Crippen molar-refractivity contribution in [3.8, 4) is 0 Å². The van der Waals surface area contributed by atoms with E-state index in [1.165, 1.54) is 10.5 Å². The maximum absolute atomic E-state index is 8.69. The van der Waals surface area contributed by atoms with Crippen LogP contribution in [0.2, 0.25) is 0 Å². The van der Waals surface area contributed by atoms with Crippen molar-refractivity contribution in [2.45, 2.75) is 29.9 Å². The maximum atomic E-state index is 8.69. The maximum Gasteiger partial charge on any atom is 0.153 e. The minimum atomic E-state index is 0.286. The summed E-state index contributed by atoms with van der Waals surface area (Å²) < 4.78 is 0. The fourth-order valence-corrected chi connectivity index (χ4v) is 3.82. The summed E-state index contributed by atoms with van der Waals surface area (Å²) in [5.41, 5.74) is 7.06. The number of hydrogen-bond acceptors (Lipinski definition) is 4. The molecule has 0 bridgehead atoms. The summed E-state index contributed by atoms with van der Waals surface area (Å²) in [6.45, 7) is 4.64. The van der Waals surface area contributed by atoms with Gasteiger partial charge in [-0.15, -0.1) is 11.8 Å². The molecule has 0 radical (unpaired) electrons. The van der Waals surface area contributed by atoms with Crippen LogP contribution in [0.3, 0.4) is 0 Å². The second kappa shape index (κ2) is 6.82. The Morgan fingerprint density at radius 1 is 1.53 bits per heavy atom. The Morgan fingerprint density at radius 3 is 3.00 bits per heavy atom. The van der Waals surface area contributed by atoms with Gasteiger partial charge in [-0.3, -0.25) is 4.90 Å². The lowest BCUT2D eigenvalue weighted by Crippen LogP contribution is -2.38. The number of hydrogen-bond donors (Lipinski definition) is 2. The number of nitrogens with zero attached hydrogens (tertiary/aromatic N) is 2. The molecule has 2 rings (SSSR count). The van der Waals surface area contributed by atoms with E-state index in [1.54, 1.807) is 0 Å². The van der Waals surface area contributed by atoms with Crippen molar-refractivity contribution in [3.05, 3.63) is 29.8 Å². The second-order valence-corrected chi connectivity index (χ2v) is 6.22. The Bertz CT molecular complexity index is 425. The average molecular weight is 279 g/mol. The Hall–Kier alpha value is -1.20. The summed E-state index contributed by atoms with van der Waals surface area (Å²) in [6, 6.07) is 8.58. The van der Waals surface area contributed by atoms with Crippen LogP contribution < -0.4 is 5.73 Å². The Kier molecular flexibility index (Phi) is 5.10. The monoisotopic (exact) mass is 279 g/mol. The summed E-state index contributed by atoms with van der Waals surface area (Å²) in [5, 5.41) is 12.3. The molecule has 1 heterocycles. The van der Waals surface area contributed by atoms with Crippen LogP contribution in [-0.4, -0.2) is 40.8 Å². The zero-order chi connectivity index (χ0) is 13.7. The molecule has 0 saturated heterocycles. The Labute approximate surface area is 118 Å². The lowest BCUT2D eigenvalue weighted by atomic mass is 10.1. The van der Waals surface area contributed by atoms with Gasteiger partial charge in [-0.1, -0.05) is 30.3 Å². The van der Waals surface area contributed by atoms with E-state index in [9.17, 15) is 0 Å². The highest BCUT2D eigenvalue weighted by molar-refractivity contribution is 8.00. The summed E-state index contributed by atoms with van der Waals surface area (Å²) in [7, 11) is 0. The zero-order valence-corrected chi connectivity index (χ0v) is 12.1. The molecule has 0 aliphatic carbocycles. The number of amidine groups is 1. The van der Waals surface area contributed by atoms with Crippen LogP contribution in [0.5, 0.6) is 0 Å². The zero-order valence-electron chi connectivity index (χ0n) is 11.2. The van der Waals surface area contributed by atoms with Crippen molar-refractivity contribution in [2.75, 3.05) is 19.6 Å². The van der Waals surface area contributed by atoms with Crippen LogP contribution in [0.25, 0.3) is 0 Å². The lowest BCUT2D eigenvalue weighted by Gasteiger charge is -2.23. The van der Waals surface area contributed by atoms with Crippen LogP contribution in [0, 0.1) is 0 Å².